The minimum Gasteiger partial charge on any atom is -0.375 e. The largest absolute Gasteiger partial charge is 0.375 e. The second-order valence-electron chi connectivity index (χ2n) is 4.52. The molecule has 0 fully saturated rings. The van der Waals surface area contributed by atoms with E-state index in [4.69, 9.17) is 5.73 Å². The number of nitrogens with one attached hydrogen (secondary N) is 1. The molecule has 0 atom stereocenters. The van der Waals surface area contributed by atoms with E-state index in [1.165, 1.54) is 11.3 Å². The number of rotatable bonds is 3. The van der Waals surface area contributed by atoms with Gasteiger partial charge in [-0.25, -0.2) is 18.4 Å². The molecule has 2 heterocycles. The van der Waals surface area contributed by atoms with Crippen LogP contribution in [0.2, 0.25) is 0 Å². The third-order valence-electron chi connectivity index (χ3n) is 2.76. The number of fused-ring (bicyclic) bond motifs is 1. The van der Waals surface area contributed by atoms with Crippen molar-refractivity contribution in [2.45, 2.75) is 0 Å². The molecule has 3 aromatic rings. The van der Waals surface area contributed by atoms with Crippen LogP contribution in [0.5, 0.6) is 0 Å². The third kappa shape index (κ3) is 3.11. The van der Waals surface area contributed by atoms with Crippen LogP contribution in [0.3, 0.4) is 0 Å². The van der Waals surface area contributed by atoms with E-state index in [9.17, 15) is 8.42 Å². The minimum atomic E-state index is -3.27. The predicted molar refractivity (Wildman–Crippen MR) is 85.7 cm³/mol. The van der Waals surface area contributed by atoms with E-state index in [1.54, 1.807) is 12.1 Å². The van der Waals surface area contributed by atoms with E-state index in [-0.39, 0.29) is 0 Å². The quantitative estimate of drug-likeness (QED) is 0.771. The highest BCUT2D eigenvalue weighted by molar-refractivity contribution is 7.92. The van der Waals surface area contributed by atoms with Gasteiger partial charge in [0.2, 0.25) is 10.0 Å². The van der Waals surface area contributed by atoms with Gasteiger partial charge in [0.1, 0.15) is 10.3 Å². The van der Waals surface area contributed by atoms with Crippen LogP contribution in [0.25, 0.3) is 21.6 Å². The molecule has 8 heteroatoms. The number of hydrogen-bond acceptors (Lipinski definition) is 6. The van der Waals surface area contributed by atoms with Crippen LogP contribution in [0.1, 0.15) is 0 Å². The maximum Gasteiger partial charge on any atom is 0.229 e. The Morgan fingerprint density at radius 1 is 1.10 bits per heavy atom. The van der Waals surface area contributed by atoms with Crippen molar-refractivity contribution in [3.05, 3.63) is 36.4 Å². The second kappa shape index (κ2) is 4.97. The number of nitrogens with zero attached hydrogens (tertiary/aromatic N) is 2. The lowest BCUT2D eigenvalue weighted by molar-refractivity contribution is 0.607. The van der Waals surface area contributed by atoms with Crippen molar-refractivity contribution < 1.29 is 8.42 Å². The van der Waals surface area contributed by atoms with Crippen LogP contribution in [-0.4, -0.2) is 24.6 Å². The van der Waals surface area contributed by atoms with Crippen LogP contribution in [0.4, 0.5) is 10.8 Å². The van der Waals surface area contributed by atoms with Crippen LogP contribution in [0, 0.1) is 0 Å². The molecule has 3 rings (SSSR count). The first-order valence-electron chi connectivity index (χ1n) is 6.02. The molecule has 0 saturated heterocycles. The molecule has 6 nitrogen and oxygen atoms in total. The van der Waals surface area contributed by atoms with Crippen LogP contribution in [-0.2, 0) is 10.0 Å². The fourth-order valence-corrected chi connectivity index (χ4v) is 3.19. The maximum absolute atomic E-state index is 11.2. The summed E-state index contributed by atoms with van der Waals surface area (Å²) in [6.45, 7) is 0. The fourth-order valence-electron chi connectivity index (χ4n) is 1.92. The molecular formula is C13H12N4O2S2. The molecule has 0 bridgehead atoms. The number of sulfonamides is 1. The minimum absolute atomic E-state index is 0.488. The summed E-state index contributed by atoms with van der Waals surface area (Å²) in [5.41, 5.74) is 8.63. The first kappa shape index (κ1) is 13.8. The second-order valence-corrected chi connectivity index (χ2v) is 7.28. The molecule has 21 heavy (non-hydrogen) atoms. The Bertz CT molecular complexity index is 902. The zero-order chi connectivity index (χ0) is 15.0. The molecule has 0 aliphatic heterocycles. The van der Waals surface area contributed by atoms with Gasteiger partial charge >= 0.3 is 0 Å². The number of benzene rings is 1. The summed E-state index contributed by atoms with van der Waals surface area (Å²) >= 11 is 1.34. The number of aromatic nitrogens is 2. The number of thiazole rings is 1. The van der Waals surface area contributed by atoms with Gasteiger partial charge in [-0.05, 0) is 24.3 Å². The van der Waals surface area contributed by atoms with Crippen molar-refractivity contribution in [3.8, 4) is 11.3 Å². The smallest absolute Gasteiger partial charge is 0.229 e. The Kier molecular flexibility index (Phi) is 3.26. The Hall–Kier alpha value is -2.19. The molecule has 2 aromatic heterocycles. The van der Waals surface area contributed by atoms with Gasteiger partial charge in [0, 0.05) is 11.3 Å². The molecule has 0 spiro atoms. The van der Waals surface area contributed by atoms with Gasteiger partial charge in [-0.2, -0.15) is 0 Å². The van der Waals surface area contributed by atoms with Gasteiger partial charge < -0.3 is 5.73 Å². The molecule has 108 valence electrons. The van der Waals surface area contributed by atoms with Crippen molar-refractivity contribution in [3.63, 3.8) is 0 Å². The molecule has 0 saturated carbocycles. The molecular weight excluding hydrogens is 308 g/mol. The standard InChI is InChI=1S/C13H12N4O2S2/c1-21(18,19)17-9-4-2-8(3-5-9)10-6-7-11-12(15-10)20-13(14)16-11/h2-7,17H,1H3,(H2,14,16). The summed E-state index contributed by atoms with van der Waals surface area (Å²) in [6.07, 6.45) is 1.12. The summed E-state index contributed by atoms with van der Waals surface area (Å²) in [5.74, 6) is 0. The van der Waals surface area contributed by atoms with Crippen molar-refractivity contribution in [1.82, 2.24) is 9.97 Å². The summed E-state index contributed by atoms with van der Waals surface area (Å²) in [5, 5.41) is 0.488. The van der Waals surface area contributed by atoms with Crippen LogP contribution >= 0.6 is 11.3 Å². The first-order chi connectivity index (χ1) is 9.90. The maximum atomic E-state index is 11.2. The van der Waals surface area contributed by atoms with Crippen molar-refractivity contribution in [2.24, 2.45) is 0 Å². The SMILES string of the molecule is CS(=O)(=O)Nc1ccc(-c2ccc3nc(N)sc3n2)cc1. The van der Waals surface area contributed by atoms with Crippen molar-refractivity contribution in [2.75, 3.05) is 16.7 Å². The van der Waals surface area contributed by atoms with E-state index in [0.29, 0.717) is 10.8 Å². The molecule has 0 aliphatic carbocycles. The fraction of sp³-hybridized carbons (Fsp3) is 0.0769. The van der Waals surface area contributed by atoms with Crippen molar-refractivity contribution in [1.29, 1.82) is 0 Å². The lowest BCUT2D eigenvalue weighted by Crippen LogP contribution is -2.09. The number of pyridine rings is 1. The zero-order valence-corrected chi connectivity index (χ0v) is 12.7. The number of hydrogen-bond donors (Lipinski definition) is 2. The lowest BCUT2D eigenvalue weighted by atomic mass is 10.1. The predicted octanol–water partition coefficient (Wildman–Crippen LogP) is 2.31. The highest BCUT2D eigenvalue weighted by Gasteiger charge is 2.06. The monoisotopic (exact) mass is 320 g/mol. The first-order valence-corrected chi connectivity index (χ1v) is 8.73. The zero-order valence-electron chi connectivity index (χ0n) is 11.1. The van der Waals surface area contributed by atoms with Crippen LogP contribution < -0.4 is 10.5 Å². The normalized spacial score (nSPS) is 11.7. The Labute approximate surface area is 125 Å². The van der Waals surface area contributed by atoms with Crippen LogP contribution in [0.15, 0.2) is 36.4 Å². The Morgan fingerprint density at radius 2 is 1.81 bits per heavy atom. The highest BCUT2D eigenvalue weighted by Crippen LogP contribution is 2.26. The molecule has 1 aromatic carbocycles. The van der Waals surface area contributed by atoms with Gasteiger partial charge in [0.05, 0.1) is 11.9 Å². The lowest BCUT2D eigenvalue weighted by Gasteiger charge is -2.05. The van der Waals surface area contributed by atoms with Gasteiger partial charge in [-0.1, -0.05) is 23.5 Å². The Balaban J connectivity index is 1.94. The molecule has 0 radical (unpaired) electrons. The summed E-state index contributed by atoms with van der Waals surface area (Å²) in [7, 11) is -3.27. The topological polar surface area (TPSA) is 98.0 Å². The van der Waals surface area contributed by atoms with E-state index in [2.05, 4.69) is 14.7 Å². The number of nitrogens with two attached hydrogens (primary N) is 1. The van der Waals surface area contributed by atoms with Gasteiger partial charge in [0.15, 0.2) is 5.13 Å². The number of nitrogen functional groups attached to an aromatic ring is 1. The highest BCUT2D eigenvalue weighted by atomic mass is 32.2. The molecule has 0 unspecified atom stereocenters. The van der Waals surface area contributed by atoms with E-state index in [0.717, 1.165) is 27.9 Å². The van der Waals surface area contributed by atoms with Gasteiger partial charge in [-0.3, -0.25) is 4.72 Å². The Morgan fingerprint density at radius 3 is 2.48 bits per heavy atom. The average molecular weight is 320 g/mol. The van der Waals surface area contributed by atoms with Gasteiger partial charge in [0.25, 0.3) is 0 Å². The average Bonchev–Trinajstić information content (AvgIpc) is 2.76. The molecule has 3 N–H and O–H groups in total. The van der Waals surface area contributed by atoms with Crippen molar-refractivity contribution >= 4 is 42.5 Å². The molecule has 0 aliphatic rings. The van der Waals surface area contributed by atoms with E-state index < -0.39 is 10.0 Å². The van der Waals surface area contributed by atoms with E-state index >= 15 is 0 Å². The number of anilines is 2. The van der Waals surface area contributed by atoms with E-state index in [1.807, 2.05) is 24.3 Å². The summed E-state index contributed by atoms with van der Waals surface area (Å²) in [6, 6.07) is 10.7. The third-order valence-corrected chi connectivity index (χ3v) is 4.16. The summed E-state index contributed by atoms with van der Waals surface area (Å²) < 4.78 is 24.7. The molecule has 0 amide bonds. The summed E-state index contributed by atoms with van der Waals surface area (Å²) in [4.78, 5) is 9.45. The van der Waals surface area contributed by atoms with Gasteiger partial charge in [-0.15, -0.1) is 0 Å².